The van der Waals surface area contributed by atoms with Crippen molar-refractivity contribution in [1.82, 2.24) is 0 Å². The van der Waals surface area contributed by atoms with Crippen molar-refractivity contribution in [1.29, 1.82) is 0 Å². The molecule has 0 saturated heterocycles. The van der Waals surface area contributed by atoms with Crippen molar-refractivity contribution in [2.24, 2.45) is 5.92 Å². The molecule has 20 heavy (non-hydrogen) atoms. The first kappa shape index (κ1) is 19.8. The summed E-state index contributed by atoms with van der Waals surface area (Å²) >= 11 is 0. The first-order valence-electron chi connectivity index (χ1n) is 8.15. The van der Waals surface area contributed by atoms with Gasteiger partial charge in [0.25, 0.3) is 0 Å². The number of hydrogen-bond acceptors (Lipinski definition) is 4. The summed E-state index contributed by atoms with van der Waals surface area (Å²) in [6, 6.07) is 0. The molecule has 0 aliphatic rings. The SMILES string of the molecule is CCCC(C)CCCCCOCCOCCOCCO. The highest BCUT2D eigenvalue weighted by Gasteiger charge is 2.00. The van der Waals surface area contributed by atoms with Crippen LogP contribution >= 0.6 is 0 Å². The van der Waals surface area contributed by atoms with Crippen molar-refractivity contribution >= 4 is 0 Å². The molecule has 0 fully saturated rings. The monoisotopic (exact) mass is 290 g/mol. The molecule has 0 amide bonds. The molecule has 0 radical (unpaired) electrons. The summed E-state index contributed by atoms with van der Waals surface area (Å²) in [6.45, 7) is 8.29. The van der Waals surface area contributed by atoms with Crippen molar-refractivity contribution < 1.29 is 19.3 Å². The van der Waals surface area contributed by atoms with E-state index in [1.807, 2.05) is 0 Å². The van der Waals surface area contributed by atoms with Gasteiger partial charge in [0.15, 0.2) is 0 Å². The van der Waals surface area contributed by atoms with E-state index in [9.17, 15) is 0 Å². The molecule has 0 aromatic rings. The van der Waals surface area contributed by atoms with Gasteiger partial charge in [-0.1, -0.05) is 46.0 Å². The summed E-state index contributed by atoms with van der Waals surface area (Å²) in [5.74, 6) is 0.877. The fourth-order valence-corrected chi connectivity index (χ4v) is 2.12. The Bertz CT molecular complexity index is 176. The van der Waals surface area contributed by atoms with E-state index in [0.717, 1.165) is 18.9 Å². The van der Waals surface area contributed by atoms with Gasteiger partial charge in [-0.05, 0) is 12.3 Å². The summed E-state index contributed by atoms with van der Waals surface area (Å²) < 4.78 is 15.9. The Hall–Kier alpha value is -0.160. The highest BCUT2D eigenvalue weighted by atomic mass is 16.5. The number of aliphatic hydroxyl groups excluding tert-OH is 1. The lowest BCUT2D eigenvalue weighted by Gasteiger charge is -2.09. The van der Waals surface area contributed by atoms with Gasteiger partial charge in [0.2, 0.25) is 0 Å². The van der Waals surface area contributed by atoms with Crippen LogP contribution in [0.15, 0.2) is 0 Å². The molecule has 1 N–H and O–H groups in total. The topological polar surface area (TPSA) is 47.9 Å². The summed E-state index contributed by atoms with van der Waals surface area (Å²) in [4.78, 5) is 0. The van der Waals surface area contributed by atoms with Crippen LogP contribution in [0.5, 0.6) is 0 Å². The average Bonchev–Trinajstić information content (AvgIpc) is 2.44. The fourth-order valence-electron chi connectivity index (χ4n) is 2.12. The van der Waals surface area contributed by atoms with Gasteiger partial charge in [-0.15, -0.1) is 0 Å². The van der Waals surface area contributed by atoms with Crippen LogP contribution in [0.25, 0.3) is 0 Å². The summed E-state index contributed by atoms with van der Waals surface area (Å²) in [7, 11) is 0. The van der Waals surface area contributed by atoms with Crippen LogP contribution in [0.3, 0.4) is 0 Å². The van der Waals surface area contributed by atoms with Gasteiger partial charge < -0.3 is 19.3 Å². The van der Waals surface area contributed by atoms with Crippen LogP contribution in [0.2, 0.25) is 0 Å². The van der Waals surface area contributed by atoms with Crippen molar-refractivity contribution in [2.75, 3.05) is 46.2 Å². The Morgan fingerprint density at radius 2 is 1.35 bits per heavy atom. The minimum Gasteiger partial charge on any atom is -0.394 e. The Labute approximate surface area is 124 Å². The van der Waals surface area contributed by atoms with E-state index >= 15 is 0 Å². The lowest BCUT2D eigenvalue weighted by atomic mass is 9.99. The average molecular weight is 290 g/mol. The predicted octanol–water partition coefficient (Wildman–Crippen LogP) is 3.03. The van der Waals surface area contributed by atoms with Gasteiger partial charge >= 0.3 is 0 Å². The summed E-state index contributed by atoms with van der Waals surface area (Å²) in [5, 5.41) is 8.50. The molecule has 4 heteroatoms. The van der Waals surface area contributed by atoms with Crippen LogP contribution in [-0.2, 0) is 14.2 Å². The van der Waals surface area contributed by atoms with E-state index in [1.54, 1.807) is 0 Å². The molecule has 0 aromatic carbocycles. The predicted molar refractivity (Wildman–Crippen MR) is 82.1 cm³/mol. The second-order valence-electron chi connectivity index (χ2n) is 5.30. The van der Waals surface area contributed by atoms with Crippen LogP contribution < -0.4 is 0 Å². The number of ether oxygens (including phenoxy) is 3. The van der Waals surface area contributed by atoms with Crippen LogP contribution in [0, 0.1) is 5.92 Å². The standard InChI is InChI=1S/C16H34O4/c1-3-7-16(2)8-5-4-6-10-18-12-14-20-15-13-19-11-9-17/h16-17H,3-15H2,1-2H3. The van der Waals surface area contributed by atoms with Crippen molar-refractivity contribution in [3.8, 4) is 0 Å². The van der Waals surface area contributed by atoms with Gasteiger partial charge in [0.1, 0.15) is 0 Å². The molecule has 0 aliphatic carbocycles. The smallest absolute Gasteiger partial charge is 0.0701 e. The minimum atomic E-state index is 0.0698. The van der Waals surface area contributed by atoms with E-state index in [4.69, 9.17) is 19.3 Å². The van der Waals surface area contributed by atoms with Gasteiger partial charge in [-0.3, -0.25) is 0 Å². The van der Waals surface area contributed by atoms with Crippen molar-refractivity contribution in [3.05, 3.63) is 0 Å². The third-order valence-electron chi connectivity index (χ3n) is 3.25. The molecule has 4 nitrogen and oxygen atoms in total. The maximum atomic E-state index is 8.50. The zero-order chi connectivity index (χ0) is 14.9. The normalized spacial score (nSPS) is 12.8. The number of aliphatic hydroxyl groups is 1. The number of rotatable bonds is 16. The minimum absolute atomic E-state index is 0.0698. The fraction of sp³-hybridized carbons (Fsp3) is 1.00. The third kappa shape index (κ3) is 15.9. The zero-order valence-corrected chi connectivity index (χ0v) is 13.4. The second-order valence-corrected chi connectivity index (χ2v) is 5.30. The van der Waals surface area contributed by atoms with E-state index < -0.39 is 0 Å². The van der Waals surface area contributed by atoms with Crippen LogP contribution in [0.1, 0.15) is 52.4 Å². The molecular weight excluding hydrogens is 256 g/mol. The Kier molecular flexibility index (Phi) is 16.8. The van der Waals surface area contributed by atoms with Gasteiger partial charge in [0.05, 0.1) is 39.6 Å². The molecule has 1 atom stereocenters. The molecule has 122 valence electrons. The molecular formula is C16H34O4. The third-order valence-corrected chi connectivity index (χ3v) is 3.25. The van der Waals surface area contributed by atoms with Gasteiger partial charge in [0, 0.05) is 6.61 Å². The highest BCUT2D eigenvalue weighted by Crippen LogP contribution is 2.14. The van der Waals surface area contributed by atoms with Crippen LogP contribution in [-0.4, -0.2) is 51.4 Å². The highest BCUT2D eigenvalue weighted by molar-refractivity contribution is 4.52. The van der Waals surface area contributed by atoms with E-state index in [-0.39, 0.29) is 6.61 Å². The van der Waals surface area contributed by atoms with Gasteiger partial charge in [-0.2, -0.15) is 0 Å². The second kappa shape index (κ2) is 16.9. The first-order chi connectivity index (χ1) is 9.81. The molecule has 0 spiro atoms. The lowest BCUT2D eigenvalue weighted by molar-refractivity contribution is 0.00717. The van der Waals surface area contributed by atoms with Gasteiger partial charge in [-0.25, -0.2) is 0 Å². The molecule has 0 saturated carbocycles. The Morgan fingerprint density at radius 1 is 0.750 bits per heavy atom. The number of unbranched alkanes of at least 4 members (excludes halogenated alkanes) is 2. The van der Waals surface area contributed by atoms with E-state index in [1.165, 1.54) is 32.1 Å². The maximum absolute atomic E-state index is 8.50. The zero-order valence-electron chi connectivity index (χ0n) is 13.4. The Balaban J connectivity index is 2.99. The molecule has 0 aromatic heterocycles. The first-order valence-corrected chi connectivity index (χ1v) is 8.15. The van der Waals surface area contributed by atoms with Crippen molar-refractivity contribution in [3.63, 3.8) is 0 Å². The maximum Gasteiger partial charge on any atom is 0.0701 e. The molecule has 1 unspecified atom stereocenters. The summed E-state index contributed by atoms with van der Waals surface area (Å²) in [5.41, 5.74) is 0. The van der Waals surface area contributed by atoms with Crippen LogP contribution in [0.4, 0.5) is 0 Å². The molecule has 0 aliphatic heterocycles. The number of hydrogen-bond donors (Lipinski definition) is 1. The molecule has 0 bridgehead atoms. The van der Waals surface area contributed by atoms with Crippen molar-refractivity contribution in [2.45, 2.75) is 52.4 Å². The molecule has 0 heterocycles. The lowest BCUT2D eigenvalue weighted by Crippen LogP contribution is -2.11. The quantitative estimate of drug-likeness (QED) is 0.444. The molecule has 0 rings (SSSR count). The van der Waals surface area contributed by atoms with E-state index in [2.05, 4.69) is 13.8 Å². The summed E-state index contributed by atoms with van der Waals surface area (Å²) in [6.07, 6.45) is 7.75. The largest absolute Gasteiger partial charge is 0.394 e. The van der Waals surface area contributed by atoms with E-state index in [0.29, 0.717) is 33.0 Å². The Morgan fingerprint density at radius 3 is 1.95 bits per heavy atom.